The summed E-state index contributed by atoms with van der Waals surface area (Å²) < 4.78 is 10.9. The maximum Gasteiger partial charge on any atom is 0.166 e. The first-order chi connectivity index (χ1) is 5.77. The van der Waals surface area contributed by atoms with Crippen molar-refractivity contribution in [1.29, 1.82) is 0 Å². The number of fused-ring (bicyclic) bond motifs is 5. The van der Waals surface area contributed by atoms with Gasteiger partial charge in [-0.15, -0.1) is 0 Å². The van der Waals surface area contributed by atoms with Gasteiger partial charge in [0, 0.05) is 12.3 Å². The van der Waals surface area contributed by atoms with Crippen LogP contribution in [0.4, 0.5) is 0 Å². The molecule has 0 unspecified atom stereocenters. The third-order valence-corrected chi connectivity index (χ3v) is 3.03. The van der Waals surface area contributed by atoms with Crippen LogP contribution in [-0.4, -0.2) is 30.7 Å². The van der Waals surface area contributed by atoms with Crippen LogP contribution in [0, 0.1) is 5.92 Å². The summed E-state index contributed by atoms with van der Waals surface area (Å²) in [5.74, 6) is 0.503. The van der Waals surface area contributed by atoms with Crippen molar-refractivity contribution in [2.24, 2.45) is 5.92 Å². The molecule has 3 heterocycles. The van der Waals surface area contributed by atoms with E-state index < -0.39 is 0 Å². The molecule has 0 amide bonds. The van der Waals surface area contributed by atoms with E-state index in [1.165, 1.54) is 0 Å². The van der Waals surface area contributed by atoms with E-state index in [-0.39, 0.29) is 24.1 Å². The van der Waals surface area contributed by atoms with E-state index in [0.29, 0.717) is 18.9 Å². The van der Waals surface area contributed by atoms with Crippen molar-refractivity contribution in [3.8, 4) is 0 Å². The number of hydrogen-bond donors (Lipinski definition) is 0. The molecule has 3 heteroatoms. The van der Waals surface area contributed by atoms with Crippen molar-refractivity contribution in [3.63, 3.8) is 0 Å². The van der Waals surface area contributed by atoms with E-state index in [9.17, 15) is 4.79 Å². The van der Waals surface area contributed by atoms with Gasteiger partial charge in [-0.1, -0.05) is 6.58 Å². The van der Waals surface area contributed by atoms with Gasteiger partial charge in [0.15, 0.2) is 5.78 Å². The largest absolute Gasteiger partial charge is 0.370 e. The summed E-state index contributed by atoms with van der Waals surface area (Å²) >= 11 is 0. The zero-order valence-electron chi connectivity index (χ0n) is 6.66. The van der Waals surface area contributed by atoms with Gasteiger partial charge in [-0.2, -0.15) is 0 Å². The van der Waals surface area contributed by atoms with Crippen molar-refractivity contribution in [2.45, 2.75) is 24.7 Å². The Morgan fingerprint density at radius 1 is 1.50 bits per heavy atom. The minimum Gasteiger partial charge on any atom is -0.370 e. The monoisotopic (exact) mass is 166 g/mol. The molecule has 3 fully saturated rings. The Morgan fingerprint density at radius 2 is 2.33 bits per heavy atom. The molecule has 0 aromatic carbocycles. The zero-order chi connectivity index (χ0) is 8.29. The van der Waals surface area contributed by atoms with Gasteiger partial charge >= 0.3 is 0 Å². The lowest BCUT2D eigenvalue weighted by Crippen LogP contribution is -2.35. The number of rotatable bonds is 0. The van der Waals surface area contributed by atoms with Gasteiger partial charge in [0.2, 0.25) is 0 Å². The van der Waals surface area contributed by atoms with Crippen molar-refractivity contribution < 1.29 is 14.3 Å². The Labute approximate surface area is 70.3 Å². The molecule has 4 atom stereocenters. The topological polar surface area (TPSA) is 35.5 Å². The molecule has 12 heavy (non-hydrogen) atoms. The summed E-state index contributed by atoms with van der Waals surface area (Å²) in [6.07, 6.45) is 0.347. The van der Waals surface area contributed by atoms with Gasteiger partial charge in [-0.25, -0.2) is 0 Å². The average Bonchev–Trinajstić information content (AvgIpc) is 2.62. The van der Waals surface area contributed by atoms with Crippen LogP contribution in [0.3, 0.4) is 0 Å². The molecular weight excluding hydrogens is 156 g/mol. The molecule has 2 bridgehead atoms. The van der Waals surface area contributed by atoms with Crippen LogP contribution in [0.2, 0.25) is 0 Å². The highest BCUT2D eigenvalue weighted by Gasteiger charge is 2.57. The van der Waals surface area contributed by atoms with Crippen LogP contribution in [0.5, 0.6) is 0 Å². The number of Topliss-reactive ketones (excluding diaryl/α,β-unsaturated/α-hetero) is 1. The van der Waals surface area contributed by atoms with Gasteiger partial charge in [0.1, 0.15) is 12.2 Å². The standard InChI is InChI=1S/C9H10O3/c1-4-3-11-9-7(4)6-2-5(10)8(9)12-6/h6-9H,1-3H2/t6-,7+,8+,9+/m1/s1. The molecular formula is C9H10O3. The summed E-state index contributed by atoms with van der Waals surface area (Å²) in [4.78, 5) is 11.3. The van der Waals surface area contributed by atoms with Crippen molar-refractivity contribution in [1.82, 2.24) is 0 Å². The number of carbonyl (C=O) groups excluding carboxylic acids is 1. The zero-order valence-corrected chi connectivity index (χ0v) is 6.66. The molecule has 64 valence electrons. The predicted octanol–water partition coefficient (Wildman–Crippen LogP) is 0.298. The molecule has 0 aromatic heterocycles. The van der Waals surface area contributed by atoms with Gasteiger partial charge < -0.3 is 9.47 Å². The van der Waals surface area contributed by atoms with Crippen LogP contribution in [-0.2, 0) is 14.3 Å². The second-order valence-corrected chi connectivity index (χ2v) is 3.73. The molecule has 0 radical (unpaired) electrons. The molecule has 3 aliphatic heterocycles. The molecule has 3 aliphatic rings. The third kappa shape index (κ3) is 0.619. The highest BCUT2D eigenvalue weighted by Crippen LogP contribution is 2.45. The van der Waals surface area contributed by atoms with E-state index in [2.05, 4.69) is 6.58 Å². The summed E-state index contributed by atoms with van der Waals surface area (Å²) in [6, 6.07) is 0. The smallest absolute Gasteiger partial charge is 0.166 e. The molecule has 0 spiro atoms. The minimum atomic E-state index is -0.278. The first kappa shape index (κ1) is 6.80. The van der Waals surface area contributed by atoms with Crippen LogP contribution >= 0.6 is 0 Å². The molecule has 3 rings (SSSR count). The fraction of sp³-hybridized carbons (Fsp3) is 0.667. The molecule has 0 N–H and O–H groups in total. The molecule has 0 aliphatic carbocycles. The minimum absolute atomic E-state index is 0.0104. The van der Waals surface area contributed by atoms with E-state index in [4.69, 9.17) is 9.47 Å². The molecule has 3 saturated heterocycles. The van der Waals surface area contributed by atoms with Gasteiger partial charge in [0.25, 0.3) is 0 Å². The number of ketones is 1. The summed E-state index contributed by atoms with van der Waals surface area (Å²) in [6.45, 7) is 4.53. The van der Waals surface area contributed by atoms with Crippen LogP contribution < -0.4 is 0 Å². The predicted molar refractivity (Wildman–Crippen MR) is 40.7 cm³/mol. The Morgan fingerprint density at radius 3 is 3.17 bits per heavy atom. The second-order valence-electron chi connectivity index (χ2n) is 3.73. The van der Waals surface area contributed by atoms with E-state index in [0.717, 1.165) is 5.57 Å². The third-order valence-electron chi connectivity index (χ3n) is 3.03. The highest BCUT2D eigenvalue weighted by molar-refractivity contribution is 5.87. The summed E-state index contributed by atoms with van der Waals surface area (Å²) in [5.41, 5.74) is 1.10. The Hall–Kier alpha value is -0.670. The van der Waals surface area contributed by atoms with Crippen molar-refractivity contribution >= 4 is 5.78 Å². The number of carbonyl (C=O) groups is 1. The lowest BCUT2D eigenvalue weighted by molar-refractivity contribution is -0.126. The van der Waals surface area contributed by atoms with E-state index >= 15 is 0 Å². The Bertz CT molecular complexity index is 271. The second kappa shape index (κ2) is 1.98. The van der Waals surface area contributed by atoms with Crippen molar-refractivity contribution in [3.05, 3.63) is 12.2 Å². The van der Waals surface area contributed by atoms with Gasteiger partial charge in [-0.3, -0.25) is 4.79 Å². The average molecular weight is 166 g/mol. The van der Waals surface area contributed by atoms with Gasteiger partial charge in [-0.05, 0) is 5.57 Å². The van der Waals surface area contributed by atoms with Gasteiger partial charge in [0.05, 0.1) is 12.7 Å². The quantitative estimate of drug-likeness (QED) is 0.485. The van der Waals surface area contributed by atoms with E-state index in [1.54, 1.807) is 0 Å². The van der Waals surface area contributed by atoms with Crippen LogP contribution in [0.25, 0.3) is 0 Å². The van der Waals surface area contributed by atoms with Crippen molar-refractivity contribution in [2.75, 3.05) is 6.61 Å². The summed E-state index contributed by atoms with van der Waals surface area (Å²) in [5, 5.41) is 0. The lowest BCUT2D eigenvalue weighted by Gasteiger charge is -2.18. The maximum atomic E-state index is 11.3. The Kier molecular flexibility index (Phi) is 1.12. The fourth-order valence-electron chi connectivity index (χ4n) is 2.48. The molecule has 0 aromatic rings. The highest BCUT2D eigenvalue weighted by atomic mass is 16.6. The SMILES string of the molecule is C=C1CO[C@H]2[C@@H]1[C@H]1CC(=O)[C@@H]2O1. The first-order valence-corrected chi connectivity index (χ1v) is 4.25. The number of hydrogen-bond acceptors (Lipinski definition) is 3. The van der Waals surface area contributed by atoms with Crippen LogP contribution in [0.15, 0.2) is 12.2 Å². The fourth-order valence-corrected chi connectivity index (χ4v) is 2.48. The normalized spacial score (nSPS) is 50.3. The summed E-state index contributed by atoms with van der Waals surface area (Å²) in [7, 11) is 0. The Balaban J connectivity index is 1.99. The first-order valence-electron chi connectivity index (χ1n) is 4.25. The molecule has 0 saturated carbocycles. The van der Waals surface area contributed by atoms with Crippen LogP contribution in [0.1, 0.15) is 6.42 Å². The number of ether oxygens (including phenoxy) is 2. The lowest BCUT2D eigenvalue weighted by atomic mass is 9.83. The maximum absolute atomic E-state index is 11.3. The van der Waals surface area contributed by atoms with E-state index in [1.807, 2.05) is 0 Å². The molecule has 3 nitrogen and oxygen atoms in total.